The second kappa shape index (κ2) is 9.27. The van der Waals surface area contributed by atoms with E-state index in [-0.39, 0.29) is 21.8 Å². The number of nitrogens with one attached hydrogen (secondary N) is 1. The maximum absolute atomic E-state index is 15.0. The smallest absolute Gasteiger partial charge is 0.340 e. The first-order chi connectivity index (χ1) is 14.6. The summed E-state index contributed by atoms with van der Waals surface area (Å²) in [4.78, 5) is 15.8. The molecule has 5 nitrogen and oxygen atoms in total. The second-order valence-corrected chi connectivity index (χ2v) is 7.86. The number of halogens is 6. The molecule has 31 heavy (non-hydrogen) atoms. The van der Waals surface area contributed by atoms with E-state index in [1.165, 1.54) is 18.3 Å². The SMILES string of the molecule is COC(=O)c1cc(Cc2ccnc(N)c2F)c(F)c(F)c1Nc1cc(Cl)c(I)cc1F. The number of esters is 1. The van der Waals surface area contributed by atoms with Crippen molar-refractivity contribution in [2.45, 2.75) is 6.42 Å². The largest absolute Gasteiger partial charge is 0.465 e. The van der Waals surface area contributed by atoms with Crippen molar-refractivity contribution < 1.29 is 27.1 Å². The number of hydrogen-bond donors (Lipinski definition) is 2. The number of nitrogens with zero attached hydrogens (tertiary/aromatic N) is 1. The summed E-state index contributed by atoms with van der Waals surface area (Å²) in [5.41, 5.74) is 3.65. The van der Waals surface area contributed by atoms with Crippen molar-refractivity contribution in [3.05, 3.63) is 79.0 Å². The number of pyridine rings is 1. The lowest BCUT2D eigenvalue weighted by Gasteiger charge is -2.16. The van der Waals surface area contributed by atoms with Crippen molar-refractivity contribution in [1.82, 2.24) is 4.98 Å². The fourth-order valence-corrected chi connectivity index (χ4v) is 3.39. The van der Waals surface area contributed by atoms with Crippen LogP contribution >= 0.6 is 34.2 Å². The number of aromatic nitrogens is 1. The highest BCUT2D eigenvalue weighted by atomic mass is 127. The second-order valence-electron chi connectivity index (χ2n) is 6.30. The third kappa shape index (κ3) is 4.69. The average molecular weight is 566 g/mol. The highest BCUT2D eigenvalue weighted by molar-refractivity contribution is 14.1. The van der Waals surface area contributed by atoms with Crippen LogP contribution in [-0.2, 0) is 11.2 Å². The number of nitrogen functional groups attached to an aromatic ring is 1. The molecule has 0 bridgehead atoms. The molecule has 0 spiro atoms. The molecule has 1 aromatic heterocycles. The Bertz CT molecular complexity index is 1190. The fraction of sp³-hybridized carbons (Fsp3) is 0.100. The Morgan fingerprint density at radius 1 is 1.16 bits per heavy atom. The van der Waals surface area contributed by atoms with E-state index in [9.17, 15) is 22.4 Å². The number of nitrogens with two attached hydrogens (primary N) is 1. The van der Waals surface area contributed by atoms with Gasteiger partial charge in [-0.15, -0.1) is 0 Å². The van der Waals surface area contributed by atoms with E-state index in [0.717, 1.165) is 19.2 Å². The molecule has 0 saturated heterocycles. The minimum absolute atomic E-state index is 0.0576. The Balaban J connectivity index is 2.12. The molecule has 1 heterocycles. The summed E-state index contributed by atoms with van der Waals surface area (Å²) in [6.07, 6.45) is 0.789. The van der Waals surface area contributed by atoms with Crippen molar-refractivity contribution >= 4 is 57.4 Å². The van der Waals surface area contributed by atoms with Crippen LogP contribution in [0.4, 0.5) is 34.8 Å². The Hall–Kier alpha value is -2.60. The third-order valence-electron chi connectivity index (χ3n) is 4.33. The van der Waals surface area contributed by atoms with Gasteiger partial charge >= 0.3 is 5.97 Å². The lowest BCUT2D eigenvalue weighted by Crippen LogP contribution is -2.12. The zero-order valence-electron chi connectivity index (χ0n) is 15.7. The van der Waals surface area contributed by atoms with Gasteiger partial charge in [-0.25, -0.2) is 27.3 Å². The van der Waals surface area contributed by atoms with Crippen molar-refractivity contribution in [2.24, 2.45) is 0 Å². The molecule has 0 atom stereocenters. The van der Waals surface area contributed by atoms with E-state index in [2.05, 4.69) is 15.0 Å². The average Bonchev–Trinajstić information content (AvgIpc) is 2.73. The van der Waals surface area contributed by atoms with Crippen LogP contribution in [0.1, 0.15) is 21.5 Å². The summed E-state index contributed by atoms with van der Waals surface area (Å²) in [6, 6.07) is 4.49. The summed E-state index contributed by atoms with van der Waals surface area (Å²) in [6.45, 7) is 0. The molecule has 3 rings (SSSR count). The van der Waals surface area contributed by atoms with E-state index in [1.54, 1.807) is 22.6 Å². The van der Waals surface area contributed by atoms with Crippen LogP contribution in [0.2, 0.25) is 5.02 Å². The van der Waals surface area contributed by atoms with Crippen LogP contribution < -0.4 is 11.1 Å². The van der Waals surface area contributed by atoms with Crippen molar-refractivity contribution in [1.29, 1.82) is 0 Å². The topological polar surface area (TPSA) is 77.2 Å². The van der Waals surface area contributed by atoms with Gasteiger partial charge in [0.1, 0.15) is 5.82 Å². The number of ether oxygens (including phenoxy) is 1. The summed E-state index contributed by atoms with van der Waals surface area (Å²) in [5.74, 6) is -5.95. The molecule has 0 saturated carbocycles. The maximum atomic E-state index is 15.0. The molecule has 0 aliphatic carbocycles. The summed E-state index contributed by atoms with van der Waals surface area (Å²) >= 11 is 7.77. The molecule has 3 aromatic rings. The Kier molecular flexibility index (Phi) is 6.90. The van der Waals surface area contributed by atoms with Crippen LogP contribution in [-0.4, -0.2) is 18.1 Å². The van der Waals surface area contributed by atoms with Crippen molar-refractivity contribution in [2.75, 3.05) is 18.2 Å². The van der Waals surface area contributed by atoms with E-state index >= 15 is 0 Å². The number of rotatable bonds is 5. The van der Waals surface area contributed by atoms with Gasteiger partial charge in [-0.05, 0) is 58.0 Å². The Morgan fingerprint density at radius 3 is 2.55 bits per heavy atom. The zero-order valence-corrected chi connectivity index (χ0v) is 18.6. The van der Waals surface area contributed by atoms with Gasteiger partial charge in [0.25, 0.3) is 0 Å². The molecule has 0 fully saturated rings. The molecular weight excluding hydrogens is 553 g/mol. The number of benzene rings is 2. The summed E-state index contributed by atoms with van der Waals surface area (Å²) in [7, 11) is 1.04. The molecule has 2 aromatic carbocycles. The predicted molar refractivity (Wildman–Crippen MR) is 117 cm³/mol. The predicted octanol–water partition coefficient (Wildman–Crippen LogP) is 5.60. The third-order valence-corrected chi connectivity index (χ3v) is 5.86. The molecular formula is C20H13ClF4IN3O2. The fourth-order valence-electron chi connectivity index (χ4n) is 2.80. The van der Waals surface area contributed by atoms with E-state index in [4.69, 9.17) is 17.3 Å². The quantitative estimate of drug-likeness (QED) is 0.182. The van der Waals surface area contributed by atoms with Gasteiger partial charge < -0.3 is 15.8 Å². The minimum atomic E-state index is -1.48. The number of methoxy groups -OCH3 is 1. The maximum Gasteiger partial charge on any atom is 0.340 e. The van der Waals surface area contributed by atoms with Gasteiger partial charge in [-0.2, -0.15) is 0 Å². The van der Waals surface area contributed by atoms with Crippen LogP contribution in [0.25, 0.3) is 0 Å². The first-order valence-corrected chi connectivity index (χ1v) is 9.99. The van der Waals surface area contributed by atoms with E-state index < -0.39 is 52.7 Å². The first-order valence-electron chi connectivity index (χ1n) is 8.53. The van der Waals surface area contributed by atoms with Crippen LogP contribution in [0.5, 0.6) is 0 Å². The minimum Gasteiger partial charge on any atom is -0.465 e. The molecule has 0 aliphatic rings. The lowest BCUT2D eigenvalue weighted by molar-refractivity contribution is 0.0601. The summed E-state index contributed by atoms with van der Waals surface area (Å²) in [5, 5.41) is 2.52. The number of anilines is 3. The molecule has 0 radical (unpaired) electrons. The Labute approximate surface area is 192 Å². The van der Waals surface area contributed by atoms with Gasteiger partial charge in [0.15, 0.2) is 23.3 Å². The van der Waals surface area contributed by atoms with Crippen LogP contribution in [0.15, 0.2) is 30.5 Å². The Morgan fingerprint density at radius 2 is 1.87 bits per heavy atom. The van der Waals surface area contributed by atoms with Gasteiger partial charge in [0.05, 0.1) is 29.1 Å². The first kappa shape index (κ1) is 23.1. The lowest BCUT2D eigenvalue weighted by atomic mass is 10.00. The zero-order chi connectivity index (χ0) is 22.9. The monoisotopic (exact) mass is 565 g/mol. The summed E-state index contributed by atoms with van der Waals surface area (Å²) < 4.78 is 63.3. The normalized spacial score (nSPS) is 10.8. The van der Waals surface area contributed by atoms with E-state index in [0.29, 0.717) is 3.57 Å². The molecule has 0 unspecified atom stereocenters. The van der Waals surface area contributed by atoms with Gasteiger partial charge in [0, 0.05) is 16.2 Å². The molecule has 162 valence electrons. The van der Waals surface area contributed by atoms with Crippen LogP contribution in [0, 0.1) is 26.8 Å². The van der Waals surface area contributed by atoms with Gasteiger partial charge in [-0.1, -0.05) is 11.6 Å². The standard InChI is InChI=1S/C20H13ClF4IN3O2/c1-31-20(30)10-5-9(4-8-2-3-28-19(27)16(8)24)15(23)17(25)18(10)29-14-6-11(21)13(26)7-12(14)22/h2-3,5-7,29H,4H2,1H3,(H2,27,28). The molecule has 0 amide bonds. The molecule has 0 aliphatic heterocycles. The van der Waals surface area contributed by atoms with E-state index in [1.807, 2.05) is 0 Å². The van der Waals surface area contributed by atoms with Crippen molar-refractivity contribution in [3.8, 4) is 0 Å². The number of carbonyl (C=O) groups excluding carboxylic acids is 1. The van der Waals surface area contributed by atoms with Crippen molar-refractivity contribution in [3.63, 3.8) is 0 Å². The molecule has 11 heteroatoms. The van der Waals surface area contributed by atoms with Gasteiger partial charge in [-0.3, -0.25) is 0 Å². The highest BCUT2D eigenvalue weighted by Gasteiger charge is 2.25. The molecule has 3 N–H and O–H groups in total. The number of carbonyl (C=O) groups is 1. The van der Waals surface area contributed by atoms with Gasteiger partial charge in [0.2, 0.25) is 0 Å². The number of hydrogen-bond acceptors (Lipinski definition) is 5. The van der Waals surface area contributed by atoms with Crippen LogP contribution in [0.3, 0.4) is 0 Å². The highest BCUT2D eigenvalue weighted by Crippen LogP contribution is 2.33.